The van der Waals surface area contributed by atoms with Gasteiger partial charge in [-0.25, -0.2) is 0 Å². The number of hydrogen-bond donors (Lipinski definition) is 1. The van der Waals surface area contributed by atoms with Gasteiger partial charge < -0.3 is 9.32 Å². The molecule has 0 amide bonds. The molecule has 116 valence electrons. The summed E-state index contributed by atoms with van der Waals surface area (Å²) < 4.78 is 5.37. The molecular weight excluding hydrogens is 298 g/mol. The van der Waals surface area contributed by atoms with Crippen LogP contribution >= 0.6 is 11.6 Å². The summed E-state index contributed by atoms with van der Waals surface area (Å²) in [5.74, 6) is 0.843. The minimum Gasteiger partial charge on any atom is -0.463 e. The zero-order valence-corrected chi connectivity index (χ0v) is 13.5. The molecule has 1 fully saturated rings. The Morgan fingerprint density at radius 2 is 1.95 bits per heavy atom. The number of furan rings is 1. The topological polar surface area (TPSA) is 33.2 Å². The van der Waals surface area contributed by atoms with E-state index < -0.39 is 0 Å². The average Bonchev–Trinajstić information content (AvgIpc) is 3.06. The molecule has 3 rings (SSSR count). The van der Waals surface area contributed by atoms with Crippen LogP contribution in [0.1, 0.15) is 18.2 Å². The summed E-state index contributed by atoms with van der Waals surface area (Å²) in [7, 11) is 0. The number of hydrazone groups is 1. The van der Waals surface area contributed by atoms with Crippen molar-refractivity contribution in [3.63, 3.8) is 0 Å². The van der Waals surface area contributed by atoms with Crippen LogP contribution in [0.25, 0.3) is 0 Å². The second kappa shape index (κ2) is 6.99. The summed E-state index contributed by atoms with van der Waals surface area (Å²) in [6.07, 6.45) is 1.68. The van der Waals surface area contributed by atoms with E-state index in [0.29, 0.717) is 0 Å². The first-order valence-electron chi connectivity index (χ1n) is 7.63. The highest BCUT2D eigenvalue weighted by atomic mass is 35.5. The van der Waals surface area contributed by atoms with Gasteiger partial charge in [-0.2, -0.15) is 5.10 Å². The number of hydrogen-bond acceptors (Lipinski definition) is 3. The fraction of sp³-hybridized carbons (Fsp3) is 0.353. The molecule has 1 aromatic carbocycles. The van der Waals surface area contributed by atoms with Crippen molar-refractivity contribution in [1.82, 2.24) is 5.01 Å². The predicted molar refractivity (Wildman–Crippen MR) is 88.3 cm³/mol. The van der Waals surface area contributed by atoms with Crippen LogP contribution in [0.4, 0.5) is 0 Å². The van der Waals surface area contributed by atoms with Gasteiger partial charge in [-0.1, -0.05) is 23.7 Å². The molecule has 1 saturated heterocycles. The highest BCUT2D eigenvalue weighted by Crippen LogP contribution is 2.09. The maximum Gasteiger partial charge on any atom is 0.149 e. The maximum absolute atomic E-state index is 5.93. The van der Waals surface area contributed by atoms with E-state index in [1.807, 2.05) is 31.2 Å². The lowest BCUT2D eigenvalue weighted by Gasteiger charge is -2.30. The molecule has 1 aliphatic rings. The van der Waals surface area contributed by atoms with Crippen LogP contribution in [-0.4, -0.2) is 36.9 Å². The monoisotopic (exact) mass is 318 g/mol. The quantitative estimate of drug-likeness (QED) is 0.875. The van der Waals surface area contributed by atoms with Crippen LogP contribution in [-0.2, 0) is 6.54 Å². The van der Waals surface area contributed by atoms with Gasteiger partial charge in [0.1, 0.15) is 12.3 Å². The van der Waals surface area contributed by atoms with E-state index in [0.717, 1.165) is 49.2 Å². The molecule has 1 N–H and O–H groups in total. The van der Waals surface area contributed by atoms with E-state index in [1.54, 1.807) is 11.2 Å². The van der Waals surface area contributed by atoms with Crippen molar-refractivity contribution in [2.75, 3.05) is 26.2 Å². The van der Waals surface area contributed by atoms with Gasteiger partial charge in [0.2, 0.25) is 0 Å². The van der Waals surface area contributed by atoms with Crippen molar-refractivity contribution in [1.29, 1.82) is 0 Å². The van der Waals surface area contributed by atoms with Gasteiger partial charge >= 0.3 is 0 Å². The van der Waals surface area contributed by atoms with Crippen LogP contribution in [0.15, 0.2) is 52.2 Å². The summed E-state index contributed by atoms with van der Waals surface area (Å²) in [5, 5.41) is 7.60. The third-order valence-corrected chi connectivity index (χ3v) is 4.24. The largest absolute Gasteiger partial charge is 0.463 e. The predicted octanol–water partition coefficient (Wildman–Crippen LogP) is 2.06. The molecule has 2 aromatic rings. The van der Waals surface area contributed by atoms with Crippen LogP contribution in [0.5, 0.6) is 0 Å². The van der Waals surface area contributed by atoms with Crippen LogP contribution in [0.2, 0.25) is 5.02 Å². The van der Waals surface area contributed by atoms with E-state index in [-0.39, 0.29) is 0 Å². The summed E-state index contributed by atoms with van der Waals surface area (Å²) >= 11 is 5.93. The van der Waals surface area contributed by atoms with Crippen molar-refractivity contribution >= 4 is 17.3 Å². The highest BCUT2D eigenvalue weighted by molar-refractivity contribution is 6.30. The van der Waals surface area contributed by atoms with Crippen molar-refractivity contribution in [3.05, 3.63) is 59.0 Å². The molecule has 5 heteroatoms. The van der Waals surface area contributed by atoms with Gasteiger partial charge in [0, 0.05) is 10.6 Å². The summed E-state index contributed by atoms with van der Waals surface area (Å²) in [4.78, 5) is 1.59. The van der Waals surface area contributed by atoms with E-state index in [9.17, 15) is 0 Å². The fourth-order valence-electron chi connectivity index (χ4n) is 2.72. The Morgan fingerprint density at radius 1 is 1.23 bits per heavy atom. The van der Waals surface area contributed by atoms with Gasteiger partial charge in [-0.3, -0.25) is 5.01 Å². The van der Waals surface area contributed by atoms with Crippen molar-refractivity contribution in [2.24, 2.45) is 5.10 Å². The number of nitrogens with one attached hydrogen (secondary N) is 1. The number of benzene rings is 1. The second-order valence-corrected chi connectivity index (χ2v) is 6.11. The molecule has 1 aliphatic heterocycles. The van der Waals surface area contributed by atoms with Crippen molar-refractivity contribution in [2.45, 2.75) is 13.5 Å². The number of halogens is 1. The van der Waals surface area contributed by atoms with E-state index in [1.165, 1.54) is 5.56 Å². The zero-order valence-electron chi connectivity index (χ0n) is 12.8. The molecule has 2 heterocycles. The lowest BCUT2D eigenvalue weighted by atomic mass is 10.2. The lowest BCUT2D eigenvalue weighted by Crippen LogP contribution is -3.13. The number of piperazine rings is 1. The third-order valence-electron chi connectivity index (χ3n) is 3.98. The second-order valence-electron chi connectivity index (χ2n) is 5.67. The minimum atomic E-state index is 0.798. The van der Waals surface area contributed by atoms with Crippen LogP contribution in [0, 0.1) is 0 Å². The van der Waals surface area contributed by atoms with Crippen molar-refractivity contribution in [3.8, 4) is 0 Å². The molecule has 0 saturated carbocycles. The van der Waals surface area contributed by atoms with Crippen molar-refractivity contribution < 1.29 is 9.32 Å². The van der Waals surface area contributed by atoms with E-state index in [2.05, 4.69) is 22.2 Å². The normalized spacial score (nSPS) is 17.0. The molecule has 4 nitrogen and oxygen atoms in total. The first-order chi connectivity index (χ1) is 10.7. The minimum absolute atomic E-state index is 0.798. The SMILES string of the molecule is C/C(=N/N1CC[NH+](Cc2ccc(Cl)cc2)CC1)c1ccco1. The summed E-state index contributed by atoms with van der Waals surface area (Å²) in [6.45, 7) is 7.18. The number of rotatable bonds is 4. The Hall–Kier alpha value is -1.78. The molecule has 0 atom stereocenters. The molecular formula is C17H21ClN3O+. The molecule has 0 spiro atoms. The van der Waals surface area contributed by atoms with E-state index >= 15 is 0 Å². The highest BCUT2D eigenvalue weighted by Gasteiger charge is 2.19. The summed E-state index contributed by atoms with van der Waals surface area (Å²) in [5.41, 5.74) is 2.27. The molecule has 0 aliphatic carbocycles. The first-order valence-corrected chi connectivity index (χ1v) is 8.00. The fourth-order valence-corrected chi connectivity index (χ4v) is 2.85. The molecule has 0 bridgehead atoms. The van der Waals surface area contributed by atoms with E-state index in [4.69, 9.17) is 16.0 Å². The smallest absolute Gasteiger partial charge is 0.149 e. The molecule has 1 aromatic heterocycles. The number of nitrogens with zero attached hydrogens (tertiary/aromatic N) is 2. The lowest BCUT2D eigenvalue weighted by molar-refractivity contribution is -0.918. The summed E-state index contributed by atoms with van der Waals surface area (Å²) in [6, 6.07) is 12.0. The van der Waals surface area contributed by atoms with Gasteiger partial charge in [-0.15, -0.1) is 0 Å². The molecule has 0 radical (unpaired) electrons. The molecule has 0 unspecified atom stereocenters. The third kappa shape index (κ3) is 3.90. The Labute approximate surface area is 136 Å². The Morgan fingerprint density at radius 3 is 2.59 bits per heavy atom. The van der Waals surface area contributed by atoms with Gasteiger partial charge in [-0.05, 0) is 31.2 Å². The standard InChI is InChI=1S/C17H20ClN3O/c1-14(17-3-2-12-22-17)19-21-10-8-20(9-11-21)13-15-4-6-16(18)7-5-15/h2-7,12H,8-11,13H2,1H3/p+1/b19-14-. The Balaban J connectivity index is 1.52. The Kier molecular flexibility index (Phi) is 4.80. The molecule has 22 heavy (non-hydrogen) atoms. The first kappa shape index (κ1) is 15.1. The average molecular weight is 319 g/mol. The Bertz CT molecular complexity index is 614. The van der Waals surface area contributed by atoms with Crippen LogP contribution < -0.4 is 4.90 Å². The van der Waals surface area contributed by atoms with Gasteiger partial charge in [0.15, 0.2) is 0 Å². The van der Waals surface area contributed by atoms with Crippen LogP contribution in [0.3, 0.4) is 0 Å². The van der Waals surface area contributed by atoms with Gasteiger partial charge in [0.05, 0.1) is 38.2 Å². The zero-order chi connectivity index (χ0) is 15.4. The maximum atomic E-state index is 5.93. The van der Waals surface area contributed by atoms with Gasteiger partial charge in [0.25, 0.3) is 0 Å². The number of quaternary nitrogens is 1.